The van der Waals surface area contributed by atoms with Gasteiger partial charge in [0.2, 0.25) is 0 Å². The highest BCUT2D eigenvalue weighted by molar-refractivity contribution is 9.09. The van der Waals surface area contributed by atoms with Gasteiger partial charge in [-0.2, -0.15) is 0 Å². The molecule has 0 aromatic carbocycles. The van der Waals surface area contributed by atoms with Crippen molar-refractivity contribution in [3.63, 3.8) is 0 Å². The highest BCUT2D eigenvalue weighted by Gasteiger charge is 2.82. The number of aldehydes is 1. The highest BCUT2D eigenvalue weighted by Crippen LogP contribution is 2.79. The Morgan fingerprint density at radius 3 is 2.29 bits per heavy atom. The molecule has 0 aromatic heterocycles. The third-order valence-electron chi connectivity index (χ3n) is 4.69. The summed E-state index contributed by atoms with van der Waals surface area (Å²) in [6, 6.07) is 0. The minimum atomic E-state index is -0.778. The first-order valence-electron chi connectivity index (χ1n) is 4.70. The van der Waals surface area contributed by atoms with Crippen LogP contribution in [0.2, 0.25) is 0 Å². The lowest BCUT2D eigenvalue weighted by Crippen LogP contribution is -2.69. The van der Waals surface area contributed by atoms with Gasteiger partial charge in [-0.1, -0.05) is 29.8 Å². The summed E-state index contributed by atoms with van der Waals surface area (Å²) in [5, 5.41) is 9.28. The van der Waals surface area contributed by atoms with E-state index in [4.69, 9.17) is 0 Å². The van der Waals surface area contributed by atoms with E-state index in [0.29, 0.717) is 12.8 Å². The number of carbonyl (C=O) groups is 2. The van der Waals surface area contributed by atoms with Crippen LogP contribution in [-0.2, 0) is 9.59 Å². The molecule has 0 amide bonds. The van der Waals surface area contributed by atoms with E-state index in [1.165, 1.54) is 0 Å². The van der Waals surface area contributed by atoms with Crippen molar-refractivity contribution in [3.8, 4) is 0 Å². The SMILES string of the molecule is CC1(C)[C@@]2(C=O)CC[C@]1(C(=O)O)[C@@H]2Br. The fourth-order valence-electron chi connectivity index (χ4n) is 3.44. The fourth-order valence-corrected chi connectivity index (χ4v) is 5.35. The van der Waals surface area contributed by atoms with E-state index in [1.54, 1.807) is 0 Å². The summed E-state index contributed by atoms with van der Waals surface area (Å²) in [5.74, 6) is -0.778. The van der Waals surface area contributed by atoms with E-state index >= 15 is 0 Å². The third kappa shape index (κ3) is 0.630. The van der Waals surface area contributed by atoms with Crippen LogP contribution in [0.5, 0.6) is 0 Å². The van der Waals surface area contributed by atoms with Crippen molar-refractivity contribution in [2.24, 2.45) is 16.2 Å². The molecular weight excluding hydrogens is 248 g/mol. The maximum absolute atomic E-state index is 11.3. The van der Waals surface area contributed by atoms with E-state index < -0.39 is 22.2 Å². The molecule has 3 atom stereocenters. The van der Waals surface area contributed by atoms with Crippen LogP contribution >= 0.6 is 15.9 Å². The first-order valence-corrected chi connectivity index (χ1v) is 5.62. The van der Waals surface area contributed by atoms with Crippen molar-refractivity contribution in [2.45, 2.75) is 31.5 Å². The monoisotopic (exact) mass is 260 g/mol. The van der Waals surface area contributed by atoms with Gasteiger partial charge in [0.1, 0.15) is 6.29 Å². The van der Waals surface area contributed by atoms with E-state index in [2.05, 4.69) is 15.9 Å². The van der Waals surface area contributed by atoms with Gasteiger partial charge >= 0.3 is 5.97 Å². The van der Waals surface area contributed by atoms with Gasteiger partial charge in [0, 0.05) is 10.2 Å². The van der Waals surface area contributed by atoms with Crippen molar-refractivity contribution in [1.29, 1.82) is 0 Å². The molecular formula is C10H13BrO3. The number of hydrogen-bond donors (Lipinski definition) is 1. The van der Waals surface area contributed by atoms with Crippen LogP contribution in [0.3, 0.4) is 0 Å². The second-order valence-corrected chi connectivity index (χ2v) is 5.84. The smallest absolute Gasteiger partial charge is 0.311 e. The number of carboxylic acid groups (broad SMARTS) is 1. The molecule has 3 aliphatic rings. The molecule has 0 heterocycles. The molecule has 0 aromatic rings. The van der Waals surface area contributed by atoms with Crippen LogP contribution < -0.4 is 0 Å². The summed E-state index contributed by atoms with van der Waals surface area (Å²) in [6.45, 7) is 3.78. The Morgan fingerprint density at radius 1 is 1.50 bits per heavy atom. The molecule has 3 fully saturated rings. The zero-order chi connectivity index (χ0) is 10.8. The lowest BCUT2D eigenvalue weighted by molar-refractivity contribution is -0.181. The Kier molecular flexibility index (Phi) is 1.74. The molecule has 0 unspecified atom stereocenters. The molecule has 14 heavy (non-hydrogen) atoms. The van der Waals surface area contributed by atoms with Crippen LogP contribution in [0.1, 0.15) is 26.7 Å². The minimum Gasteiger partial charge on any atom is -0.481 e. The Hall–Kier alpha value is -0.380. The number of hydrogen-bond acceptors (Lipinski definition) is 2. The van der Waals surface area contributed by atoms with E-state index in [-0.39, 0.29) is 4.83 Å². The molecule has 1 N–H and O–H groups in total. The standard InChI is InChI=1S/C10H13BrO3/c1-8(2)9(5-12)3-4-10(8,6(9)11)7(13)14/h5-6H,3-4H2,1-2H3,(H,13,14)/t6-,9-,10-/m1/s1. The van der Waals surface area contributed by atoms with E-state index in [0.717, 1.165) is 6.29 Å². The first kappa shape index (κ1) is 10.1. The van der Waals surface area contributed by atoms with Gasteiger partial charge in [-0.05, 0) is 18.3 Å². The molecule has 3 nitrogen and oxygen atoms in total. The summed E-state index contributed by atoms with van der Waals surface area (Å²) in [4.78, 5) is 22.2. The zero-order valence-electron chi connectivity index (χ0n) is 8.21. The van der Waals surface area contributed by atoms with E-state index in [1.807, 2.05) is 13.8 Å². The number of rotatable bonds is 2. The van der Waals surface area contributed by atoms with Crippen LogP contribution in [-0.4, -0.2) is 22.2 Å². The van der Waals surface area contributed by atoms with Gasteiger partial charge in [-0.3, -0.25) is 4.79 Å². The largest absolute Gasteiger partial charge is 0.481 e. The minimum absolute atomic E-state index is 0.201. The number of alkyl halides is 1. The van der Waals surface area contributed by atoms with Crippen molar-refractivity contribution in [2.75, 3.05) is 0 Å². The molecule has 0 spiro atoms. The van der Waals surface area contributed by atoms with Crippen LogP contribution in [0.25, 0.3) is 0 Å². The Balaban J connectivity index is 2.53. The second kappa shape index (κ2) is 2.40. The normalized spacial score (nSPS) is 48.4. The first-order chi connectivity index (χ1) is 6.37. The van der Waals surface area contributed by atoms with E-state index in [9.17, 15) is 14.7 Å². The van der Waals surface area contributed by atoms with Crippen molar-refractivity contribution in [1.82, 2.24) is 0 Å². The van der Waals surface area contributed by atoms with Gasteiger partial charge < -0.3 is 9.90 Å². The molecule has 3 aliphatic carbocycles. The number of aliphatic carboxylic acids is 1. The van der Waals surface area contributed by atoms with Gasteiger partial charge in [0.05, 0.1) is 5.41 Å². The highest BCUT2D eigenvalue weighted by atomic mass is 79.9. The molecule has 4 heteroatoms. The summed E-state index contributed by atoms with van der Waals surface area (Å²) < 4.78 is 0. The van der Waals surface area contributed by atoms with Gasteiger partial charge in [-0.25, -0.2) is 0 Å². The van der Waals surface area contributed by atoms with Crippen LogP contribution in [0.4, 0.5) is 0 Å². The zero-order valence-corrected chi connectivity index (χ0v) is 9.80. The molecule has 2 bridgehead atoms. The summed E-state index contributed by atoms with van der Waals surface area (Å²) in [7, 11) is 0. The molecule has 0 radical (unpaired) electrons. The fraction of sp³-hybridized carbons (Fsp3) is 0.800. The molecule has 0 saturated heterocycles. The lowest BCUT2D eigenvalue weighted by Gasteiger charge is -2.61. The lowest BCUT2D eigenvalue weighted by atomic mass is 9.43. The summed E-state index contributed by atoms with van der Waals surface area (Å²) >= 11 is 3.39. The van der Waals surface area contributed by atoms with Crippen molar-refractivity contribution < 1.29 is 14.7 Å². The number of halogens is 1. The van der Waals surface area contributed by atoms with Gasteiger partial charge in [0.15, 0.2) is 0 Å². The number of carboxylic acids is 1. The summed E-state index contributed by atoms with van der Waals surface area (Å²) in [6.07, 6.45) is 2.23. The molecule has 3 rings (SSSR count). The average molecular weight is 261 g/mol. The molecule has 78 valence electrons. The maximum Gasteiger partial charge on any atom is 0.311 e. The summed E-state index contributed by atoms with van der Waals surface area (Å²) in [5.41, 5.74) is -1.64. The molecule has 3 saturated carbocycles. The number of fused-ring (bicyclic) bond motifs is 1. The predicted octanol–water partition coefficient (Wildman–Crippen LogP) is 1.84. The van der Waals surface area contributed by atoms with Crippen LogP contribution in [0, 0.1) is 16.2 Å². The number of carbonyl (C=O) groups excluding carboxylic acids is 1. The topological polar surface area (TPSA) is 54.4 Å². The maximum atomic E-state index is 11.3. The van der Waals surface area contributed by atoms with Crippen LogP contribution in [0.15, 0.2) is 0 Å². The predicted molar refractivity (Wildman–Crippen MR) is 54.3 cm³/mol. The quantitative estimate of drug-likeness (QED) is 0.609. The third-order valence-corrected chi connectivity index (χ3v) is 6.29. The van der Waals surface area contributed by atoms with Gasteiger partial charge in [-0.15, -0.1) is 0 Å². The second-order valence-electron chi connectivity index (χ2n) is 4.92. The average Bonchev–Trinajstić information content (AvgIpc) is 2.53. The van der Waals surface area contributed by atoms with Crippen molar-refractivity contribution in [3.05, 3.63) is 0 Å². The Morgan fingerprint density at radius 2 is 2.07 bits per heavy atom. The van der Waals surface area contributed by atoms with Crippen molar-refractivity contribution >= 4 is 28.2 Å². The molecule has 0 aliphatic heterocycles. The Bertz CT molecular complexity index is 325. The Labute approximate surface area is 91.0 Å². The van der Waals surface area contributed by atoms with Gasteiger partial charge in [0.25, 0.3) is 0 Å².